The first-order valence-corrected chi connectivity index (χ1v) is 4.10. The summed E-state index contributed by atoms with van der Waals surface area (Å²) in [6.07, 6.45) is 2.90. The Hall–Kier alpha value is -2.37. The van der Waals surface area contributed by atoms with Gasteiger partial charge >= 0.3 is 5.97 Å². The second-order valence-electron chi connectivity index (χ2n) is 2.98. The lowest BCUT2D eigenvalue weighted by molar-refractivity contribution is 0.0691. The van der Waals surface area contributed by atoms with Crippen LogP contribution in [0.5, 0.6) is 0 Å². The lowest BCUT2D eigenvalue weighted by Gasteiger charge is -1.95. The van der Waals surface area contributed by atoms with E-state index in [-0.39, 0.29) is 5.69 Å². The molecule has 3 N–H and O–H groups in total. The van der Waals surface area contributed by atoms with Gasteiger partial charge in [-0.25, -0.2) is 9.78 Å². The number of aromatic carboxylic acids is 1. The number of carbonyl (C=O) groups is 2. The number of rotatable bonds is 2. The number of imidazole rings is 1. The summed E-state index contributed by atoms with van der Waals surface area (Å²) in [5, 5.41) is 8.70. The smallest absolute Gasteiger partial charge is 0.356 e. The summed E-state index contributed by atoms with van der Waals surface area (Å²) in [6.45, 7) is 0. The van der Waals surface area contributed by atoms with Crippen LogP contribution in [0.3, 0.4) is 0 Å². The number of nitrogens with two attached hydrogens (primary N) is 1. The summed E-state index contributed by atoms with van der Waals surface area (Å²) in [6, 6.07) is 2.94. The van der Waals surface area contributed by atoms with Crippen molar-refractivity contribution in [2.75, 3.05) is 0 Å². The number of amides is 1. The fourth-order valence-corrected chi connectivity index (χ4v) is 1.24. The number of aromatic nitrogens is 2. The number of primary amides is 1. The van der Waals surface area contributed by atoms with Gasteiger partial charge in [-0.3, -0.25) is 4.79 Å². The van der Waals surface area contributed by atoms with Crippen molar-refractivity contribution in [3.63, 3.8) is 0 Å². The molecule has 76 valence electrons. The summed E-state index contributed by atoms with van der Waals surface area (Å²) in [7, 11) is 0. The zero-order valence-corrected chi connectivity index (χ0v) is 7.54. The van der Waals surface area contributed by atoms with Gasteiger partial charge in [0.2, 0.25) is 5.91 Å². The first-order chi connectivity index (χ1) is 7.08. The monoisotopic (exact) mass is 205 g/mol. The molecule has 2 aromatic heterocycles. The summed E-state index contributed by atoms with van der Waals surface area (Å²) >= 11 is 0. The molecule has 0 spiro atoms. The summed E-state index contributed by atoms with van der Waals surface area (Å²) in [4.78, 5) is 25.3. The van der Waals surface area contributed by atoms with Crippen LogP contribution in [0.25, 0.3) is 5.65 Å². The molecule has 6 heteroatoms. The van der Waals surface area contributed by atoms with Crippen LogP contribution < -0.4 is 5.73 Å². The number of hydrogen-bond donors (Lipinski definition) is 2. The first-order valence-electron chi connectivity index (χ1n) is 4.10. The van der Waals surface area contributed by atoms with Crippen LogP contribution in [-0.4, -0.2) is 26.4 Å². The van der Waals surface area contributed by atoms with Gasteiger partial charge in [0.1, 0.15) is 5.65 Å². The van der Waals surface area contributed by atoms with E-state index in [2.05, 4.69) is 4.98 Å². The van der Waals surface area contributed by atoms with Crippen molar-refractivity contribution in [3.05, 3.63) is 35.8 Å². The second-order valence-corrected chi connectivity index (χ2v) is 2.98. The molecule has 0 radical (unpaired) electrons. The maximum absolute atomic E-state index is 10.9. The fraction of sp³-hybridized carbons (Fsp3) is 0. The molecule has 2 rings (SSSR count). The Morgan fingerprint density at radius 3 is 2.80 bits per heavy atom. The second kappa shape index (κ2) is 3.09. The molecule has 2 heterocycles. The van der Waals surface area contributed by atoms with Crippen molar-refractivity contribution in [1.82, 2.24) is 9.38 Å². The number of carbonyl (C=O) groups excluding carboxylic acids is 1. The summed E-state index contributed by atoms with van der Waals surface area (Å²) in [5.74, 6) is -1.68. The van der Waals surface area contributed by atoms with Crippen LogP contribution in [0.2, 0.25) is 0 Å². The Kier molecular flexibility index (Phi) is 1.89. The quantitative estimate of drug-likeness (QED) is 0.728. The molecule has 0 aromatic carbocycles. The zero-order valence-electron chi connectivity index (χ0n) is 7.54. The van der Waals surface area contributed by atoms with Crippen LogP contribution in [0.4, 0.5) is 0 Å². The highest BCUT2D eigenvalue weighted by atomic mass is 16.4. The molecule has 0 bridgehead atoms. The molecule has 0 fully saturated rings. The van der Waals surface area contributed by atoms with Gasteiger partial charge in [-0.1, -0.05) is 0 Å². The third kappa shape index (κ3) is 1.52. The standard InChI is InChI=1S/C9H7N3O3/c10-8(13)5-1-2-12-4-6(9(14)15)11-7(12)3-5/h1-4H,(H2,10,13)(H,14,15). The van der Waals surface area contributed by atoms with Gasteiger partial charge in [0.25, 0.3) is 0 Å². The molecule has 6 nitrogen and oxygen atoms in total. The van der Waals surface area contributed by atoms with Crippen molar-refractivity contribution in [2.24, 2.45) is 5.73 Å². The van der Waals surface area contributed by atoms with Gasteiger partial charge in [-0.05, 0) is 12.1 Å². The predicted molar refractivity (Wildman–Crippen MR) is 50.7 cm³/mol. The highest BCUT2D eigenvalue weighted by molar-refractivity contribution is 5.94. The van der Waals surface area contributed by atoms with Crippen LogP contribution in [0.1, 0.15) is 20.8 Å². The molecule has 0 aliphatic rings. The highest BCUT2D eigenvalue weighted by Gasteiger charge is 2.09. The maximum atomic E-state index is 10.9. The van der Waals surface area contributed by atoms with E-state index in [0.29, 0.717) is 11.2 Å². The van der Waals surface area contributed by atoms with Gasteiger partial charge in [0.05, 0.1) is 0 Å². The van der Waals surface area contributed by atoms with E-state index in [1.54, 1.807) is 0 Å². The van der Waals surface area contributed by atoms with E-state index in [0.717, 1.165) is 0 Å². The number of nitrogens with zero attached hydrogens (tertiary/aromatic N) is 2. The molecule has 0 aliphatic carbocycles. The Morgan fingerprint density at radius 1 is 1.47 bits per heavy atom. The maximum Gasteiger partial charge on any atom is 0.356 e. The first kappa shape index (κ1) is 9.20. The van der Waals surface area contributed by atoms with Crippen molar-refractivity contribution < 1.29 is 14.7 Å². The number of carboxylic acid groups (broad SMARTS) is 1. The van der Waals surface area contributed by atoms with Crippen LogP contribution in [-0.2, 0) is 0 Å². The molecule has 0 unspecified atom stereocenters. The third-order valence-electron chi connectivity index (χ3n) is 1.96. The average molecular weight is 205 g/mol. The van der Waals surface area contributed by atoms with E-state index in [4.69, 9.17) is 10.8 Å². The van der Waals surface area contributed by atoms with Crippen molar-refractivity contribution in [3.8, 4) is 0 Å². The van der Waals surface area contributed by atoms with E-state index in [1.165, 1.54) is 28.9 Å². The molecular weight excluding hydrogens is 198 g/mol. The predicted octanol–water partition coefficient (Wildman–Crippen LogP) is 0.131. The molecule has 15 heavy (non-hydrogen) atoms. The molecule has 2 aromatic rings. The van der Waals surface area contributed by atoms with Crippen molar-refractivity contribution >= 4 is 17.5 Å². The summed E-state index contributed by atoms with van der Waals surface area (Å²) in [5.41, 5.74) is 5.68. The minimum atomic E-state index is -1.11. The average Bonchev–Trinajstić information content (AvgIpc) is 2.59. The third-order valence-corrected chi connectivity index (χ3v) is 1.96. The fourth-order valence-electron chi connectivity index (χ4n) is 1.24. The number of pyridine rings is 1. The van der Waals surface area contributed by atoms with E-state index in [9.17, 15) is 9.59 Å². The Balaban J connectivity index is 2.62. The number of carboxylic acids is 1. The van der Waals surface area contributed by atoms with Crippen LogP contribution in [0.15, 0.2) is 24.5 Å². The minimum Gasteiger partial charge on any atom is -0.476 e. The zero-order chi connectivity index (χ0) is 11.0. The number of fused-ring (bicyclic) bond motifs is 1. The minimum absolute atomic E-state index is 0.0726. The molecule has 0 aliphatic heterocycles. The van der Waals surface area contributed by atoms with Crippen LogP contribution >= 0.6 is 0 Å². The largest absolute Gasteiger partial charge is 0.476 e. The topological polar surface area (TPSA) is 97.7 Å². The highest BCUT2D eigenvalue weighted by Crippen LogP contribution is 2.07. The molecule has 1 amide bonds. The van der Waals surface area contributed by atoms with Gasteiger partial charge in [-0.15, -0.1) is 0 Å². The molecular formula is C9H7N3O3. The van der Waals surface area contributed by atoms with Gasteiger partial charge < -0.3 is 15.2 Å². The lowest BCUT2D eigenvalue weighted by atomic mass is 10.2. The Bertz CT molecular complexity index is 547. The van der Waals surface area contributed by atoms with Crippen LogP contribution in [0, 0.1) is 0 Å². The molecule has 0 saturated heterocycles. The molecule has 0 atom stereocenters. The number of hydrogen-bond acceptors (Lipinski definition) is 3. The van der Waals surface area contributed by atoms with Gasteiger partial charge in [-0.2, -0.15) is 0 Å². The van der Waals surface area contributed by atoms with Gasteiger partial charge in [0.15, 0.2) is 5.69 Å². The lowest BCUT2D eigenvalue weighted by Crippen LogP contribution is -2.10. The Labute approximate surface area is 84.0 Å². The van der Waals surface area contributed by atoms with E-state index in [1.807, 2.05) is 0 Å². The van der Waals surface area contributed by atoms with Crippen molar-refractivity contribution in [1.29, 1.82) is 0 Å². The van der Waals surface area contributed by atoms with E-state index >= 15 is 0 Å². The Morgan fingerprint density at radius 2 is 2.20 bits per heavy atom. The summed E-state index contributed by atoms with van der Waals surface area (Å²) < 4.78 is 1.51. The van der Waals surface area contributed by atoms with Crippen molar-refractivity contribution in [2.45, 2.75) is 0 Å². The van der Waals surface area contributed by atoms with E-state index < -0.39 is 11.9 Å². The normalized spacial score (nSPS) is 10.4. The van der Waals surface area contributed by atoms with Gasteiger partial charge in [0, 0.05) is 18.0 Å². The SMILES string of the molecule is NC(=O)c1ccn2cc(C(=O)O)nc2c1. The molecule has 0 saturated carbocycles.